The van der Waals surface area contributed by atoms with E-state index in [1.807, 2.05) is 24.3 Å². The molecule has 0 radical (unpaired) electrons. The highest BCUT2D eigenvalue weighted by Crippen LogP contribution is 2.26. The van der Waals surface area contributed by atoms with E-state index in [9.17, 15) is 0 Å². The molecule has 0 aliphatic heterocycles. The largest absolute Gasteiger partial charge is 0.495 e. The highest BCUT2D eigenvalue weighted by Gasteiger charge is 2.02. The predicted octanol–water partition coefficient (Wildman–Crippen LogP) is 3.94. The van der Waals surface area contributed by atoms with Crippen LogP contribution in [0.25, 0.3) is 0 Å². The molecule has 0 fully saturated rings. The molecule has 0 bridgehead atoms. The summed E-state index contributed by atoms with van der Waals surface area (Å²) in [7, 11) is 1.58. The van der Waals surface area contributed by atoms with Crippen LogP contribution < -0.4 is 15.8 Å². The Labute approximate surface area is 152 Å². The number of nitrogens with two attached hydrogens (primary N) is 1. The maximum absolute atomic E-state index is 6.05. The van der Waals surface area contributed by atoms with E-state index >= 15 is 0 Å². The molecule has 4 nitrogen and oxygen atoms in total. The van der Waals surface area contributed by atoms with Crippen LogP contribution >= 0.6 is 35.6 Å². The Bertz CT molecular complexity index is 620. The highest BCUT2D eigenvalue weighted by atomic mass is 127. The summed E-state index contributed by atoms with van der Waals surface area (Å²) in [6.45, 7) is 0.632. The molecule has 0 aromatic heterocycles. The second-order valence-electron chi connectivity index (χ2n) is 4.48. The lowest BCUT2D eigenvalue weighted by Gasteiger charge is -2.08. The van der Waals surface area contributed by atoms with Crippen molar-refractivity contribution in [2.24, 2.45) is 10.7 Å². The topological polar surface area (TPSA) is 59.6 Å². The van der Waals surface area contributed by atoms with Crippen molar-refractivity contribution in [2.45, 2.75) is 6.42 Å². The molecule has 0 aliphatic carbocycles. The molecule has 0 saturated heterocycles. The lowest BCUT2D eigenvalue weighted by molar-refractivity contribution is 0.415. The molecular formula is C16H19ClIN3O. The van der Waals surface area contributed by atoms with Crippen LogP contribution in [0.2, 0.25) is 5.02 Å². The van der Waals surface area contributed by atoms with Crippen LogP contribution in [0.15, 0.2) is 53.5 Å². The average Bonchev–Trinajstić information content (AvgIpc) is 2.48. The van der Waals surface area contributed by atoms with Gasteiger partial charge in [-0.3, -0.25) is 4.99 Å². The molecule has 0 spiro atoms. The van der Waals surface area contributed by atoms with E-state index in [0.29, 0.717) is 23.3 Å². The van der Waals surface area contributed by atoms with Gasteiger partial charge in [-0.15, -0.1) is 24.0 Å². The lowest BCUT2D eigenvalue weighted by atomic mass is 10.2. The van der Waals surface area contributed by atoms with Crippen LogP contribution in [0.3, 0.4) is 0 Å². The summed E-state index contributed by atoms with van der Waals surface area (Å²) in [5.41, 5.74) is 7.87. The fourth-order valence-electron chi connectivity index (χ4n) is 1.88. The molecule has 0 aliphatic rings. The smallest absolute Gasteiger partial charge is 0.193 e. The number of nitrogens with zero attached hydrogens (tertiary/aromatic N) is 1. The number of hydrogen-bond donors (Lipinski definition) is 2. The van der Waals surface area contributed by atoms with Gasteiger partial charge in [-0.2, -0.15) is 0 Å². The van der Waals surface area contributed by atoms with Crippen molar-refractivity contribution in [1.82, 2.24) is 0 Å². The number of hydrogen-bond acceptors (Lipinski definition) is 2. The van der Waals surface area contributed by atoms with Gasteiger partial charge in [0.1, 0.15) is 5.75 Å². The normalized spacial score (nSPS) is 10.7. The van der Waals surface area contributed by atoms with E-state index < -0.39 is 0 Å². The Hall–Kier alpha value is -1.47. The number of aliphatic imine (C=N–C) groups is 1. The second kappa shape index (κ2) is 9.53. The zero-order valence-corrected chi connectivity index (χ0v) is 15.3. The van der Waals surface area contributed by atoms with Crippen LogP contribution in [0, 0.1) is 0 Å². The average molecular weight is 432 g/mol. The molecule has 2 aromatic rings. The molecule has 22 heavy (non-hydrogen) atoms. The summed E-state index contributed by atoms with van der Waals surface area (Å²) in [5, 5.41) is 3.54. The van der Waals surface area contributed by atoms with E-state index in [1.165, 1.54) is 5.56 Å². The molecule has 0 heterocycles. The minimum Gasteiger partial charge on any atom is -0.495 e. The Kier molecular flexibility index (Phi) is 8.05. The third-order valence-electron chi connectivity index (χ3n) is 2.95. The minimum atomic E-state index is 0. The first-order valence-corrected chi connectivity index (χ1v) is 7.01. The van der Waals surface area contributed by atoms with Crippen LogP contribution in [-0.2, 0) is 6.42 Å². The van der Waals surface area contributed by atoms with E-state index in [1.54, 1.807) is 19.2 Å². The maximum atomic E-state index is 6.05. The number of benzene rings is 2. The van der Waals surface area contributed by atoms with Gasteiger partial charge in [0.25, 0.3) is 0 Å². The summed E-state index contributed by atoms with van der Waals surface area (Å²) in [6.07, 6.45) is 0.854. The van der Waals surface area contributed by atoms with Crippen LogP contribution in [-0.4, -0.2) is 19.6 Å². The standard InChI is InChI=1S/C16H18ClN3O.HI/c1-21-15-8-7-13(11-14(15)17)20-16(18)19-10-9-12-5-3-2-4-6-12;/h2-8,11H,9-10H2,1H3,(H3,18,19,20);1H. The number of anilines is 1. The summed E-state index contributed by atoms with van der Waals surface area (Å²) >= 11 is 6.05. The SMILES string of the molecule is COc1ccc(NC(N)=NCCc2ccccc2)cc1Cl.I. The fraction of sp³-hybridized carbons (Fsp3) is 0.188. The number of guanidine groups is 1. The second-order valence-corrected chi connectivity index (χ2v) is 4.88. The molecule has 0 unspecified atom stereocenters. The third-order valence-corrected chi connectivity index (χ3v) is 3.25. The summed E-state index contributed by atoms with van der Waals surface area (Å²) < 4.78 is 5.10. The quantitative estimate of drug-likeness (QED) is 0.428. The first-order chi connectivity index (χ1) is 10.2. The zero-order valence-electron chi connectivity index (χ0n) is 12.3. The van der Waals surface area contributed by atoms with Crippen molar-refractivity contribution in [3.8, 4) is 5.75 Å². The highest BCUT2D eigenvalue weighted by molar-refractivity contribution is 14.0. The van der Waals surface area contributed by atoms with Gasteiger partial charge in [-0.05, 0) is 30.2 Å². The first kappa shape index (κ1) is 18.6. The number of ether oxygens (including phenoxy) is 1. The van der Waals surface area contributed by atoms with Gasteiger partial charge in [-0.1, -0.05) is 41.9 Å². The molecule has 0 atom stereocenters. The number of nitrogens with one attached hydrogen (secondary N) is 1. The van der Waals surface area contributed by atoms with Gasteiger partial charge in [0.2, 0.25) is 0 Å². The summed E-state index contributed by atoms with van der Waals surface area (Å²) in [4.78, 5) is 4.30. The van der Waals surface area contributed by atoms with Gasteiger partial charge >= 0.3 is 0 Å². The van der Waals surface area contributed by atoms with Gasteiger partial charge in [0.05, 0.1) is 12.1 Å². The molecule has 0 amide bonds. The molecule has 0 saturated carbocycles. The van der Waals surface area contributed by atoms with Gasteiger partial charge in [0.15, 0.2) is 5.96 Å². The molecule has 118 valence electrons. The summed E-state index contributed by atoms with van der Waals surface area (Å²) in [5.74, 6) is 0.994. The van der Waals surface area contributed by atoms with Crippen molar-refractivity contribution >= 4 is 47.2 Å². The fourth-order valence-corrected chi connectivity index (χ4v) is 2.14. The number of rotatable bonds is 5. The van der Waals surface area contributed by atoms with E-state index in [0.717, 1.165) is 12.1 Å². The summed E-state index contributed by atoms with van der Waals surface area (Å²) in [6, 6.07) is 15.5. The van der Waals surface area contributed by atoms with E-state index in [4.69, 9.17) is 22.1 Å². The Balaban J connectivity index is 0.00000242. The Morgan fingerprint density at radius 1 is 1.23 bits per heavy atom. The van der Waals surface area contributed by atoms with Gasteiger partial charge < -0.3 is 15.8 Å². The third kappa shape index (κ3) is 5.73. The minimum absolute atomic E-state index is 0. The van der Waals surface area contributed by atoms with Crippen molar-refractivity contribution in [3.05, 3.63) is 59.1 Å². The monoisotopic (exact) mass is 431 g/mol. The predicted molar refractivity (Wildman–Crippen MR) is 104 cm³/mol. The molecule has 6 heteroatoms. The maximum Gasteiger partial charge on any atom is 0.193 e. The number of methoxy groups -OCH3 is 1. The van der Waals surface area contributed by atoms with Crippen LogP contribution in [0.1, 0.15) is 5.56 Å². The van der Waals surface area contributed by atoms with E-state index in [2.05, 4.69) is 22.4 Å². The van der Waals surface area contributed by atoms with Gasteiger partial charge in [-0.25, -0.2) is 0 Å². The van der Waals surface area contributed by atoms with Gasteiger partial charge in [0, 0.05) is 12.2 Å². The zero-order chi connectivity index (χ0) is 15.1. The Morgan fingerprint density at radius 3 is 2.59 bits per heavy atom. The number of halogens is 2. The van der Waals surface area contributed by atoms with E-state index in [-0.39, 0.29) is 24.0 Å². The van der Waals surface area contributed by atoms with Crippen LogP contribution in [0.4, 0.5) is 5.69 Å². The van der Waals surface area contributed by atoms with Crippen molar-refractivity contribution in [3.63, 3.8) is 0 Å². The van der Waals surface area contributed by atoms with Crippen molar-refractivity contribution in [1.29, 1.82) is 0 Å². The molecular weight excluding hydrogens is 413 g/mol. The molecule has 2 aromatic carbocycles. The molecule has 2 rings (SSSR count). The first-order valence-electron chi connectivity index (χ1n) is 6.63. The van der Waals surface area contributed by atoms with Crippen LogP contribution in [0.5, 0.6) is 5.75 Å². The Morgan fingerprint density at radius 2 is 1.95 bits per heavy atom. The molecule has 3 N–H and O–H groups in total. The lowest BCUT2D eigenvalue weighted by Crippen LogP contribution is -2.23. The van der Waals surface area contributed by atoms with Crippen molar-refractivity contribution in [2.75, 3.05) is 19.0 Å². The van der Waals surface area contributed by atoms with Crippen molar-refractivity contribution < 1.29 is 4.74 Å².